The lowest BCUT2D eigenvalue weighted by atomic mass is 9.98. The van der Waals surface area contributed by atoms with Crippen LogP contribution in [0.1, 0.15) is 20.8 Å². The molecule has 8 nitrogen and oxygen atoms in total. The van der Waals surface area contributed by atoms with Crippen LogP contribution in [0.15, 0.2) is 0 Å². The third kappa shape index (κ3) is 6.61. The number of carboxylic acid groups (broad SMARTS) is 2. The molecule has 0 heterocycles. The van der Waals surface area contributed by atoms with Crippen molar-refractivity contribution >= 4 is 17.7 Å². The molecule has 0 saturated heterocycles. The van der Waals surface area contributed by atoms with Crippen molar-refractivity contribution in [2.24, 2.45) is 0 Å². The SMILES string of the molecule is CC(O)C(=O)C(C)(O)C(=O)O.CC(O)C(=O)O. The van der Waals surface area contributed by atoms with Crippen LogP contribution in [0, 0.1) is 0 Å². The molecule has 3 atom stereocenters. The molecule has 100 valence electrons. The van der Waals surface area contributed by atoms with Crippen molar-refractivity contribution in [2.45, 2.75) is 38.6 Å². The molecule has 0 amide bonds. The summed E-state index contributed by atoms with van der Waals surface area (Å²) in [5, 5.41) is 41.6. The van der Waals surface area contributed by atoms with Crippen molar-refractivity contribution in [2.75, 3.05) is 0 Å². The number of aliphatic hydroxyl groups excluding tert-OH is 2. The van der Waals surface area contributed by atoms with Crippen molar-refractivity contribution in [3.63, 3.8) is 0 Å². The standard InChI is InChI=1S/C6H10O5.C3H6O3/c1-3(7)4(8)6(2,11)5(9)10;1-2(4)3(5)6/h3,7,11H,1-2H3,(H,9,10);2,4H,1H3,(H,5,6). The predicted octanol–water partition coefficient (Wildman–Crippen LogP) is -1.78. The Bertz CT molecular complexity index is 291. The smallest absolute Gasteiger partial charge is 0.343 e. The van der Waals surface area contributed by atoms with Gasteiger partial charge in [0.25, 0.3) is 0 Å². The maximum absolute atomic E-state index is 10.7. The highest BCUT2D eigenvalue weighted by Gasteiger charge is 2.40. The second-order valence-electron chi connectivity index (χ2n) is 3.43. The van der Waals surface area contributed by atoms with E-state index in [4.69, 9.17) is 25.5 Å². The van der Waals surface area contributed by atoms with E-state index in [1.165, 1.54) is 6.92 Å². The summed E-state index contributed by atoms with van der Waals surface area (Å²) >= 11 is 0. The number of aliphatic carboxylic acids is 2. The molecule has 0 rings (SSSR count). The molecule has 8 heteroatoms. The molecular weight excluding hydrogens is 236 g/mol. The van der Waals surface area contributed by atoms with Gasteiger partial charge in [0.05, 0.1) is 0 Å². The Labute approximate surface area is 97.1 Å². The average molecular weight is 252 g/mol. The van der Waals surface area contributed by atoms with E-state index in [9.17, 15) is 14.4 Å². The van der Waals surface area contributed by atoms with Gasteiger partial charge < -0.3 is 25.5 Å². The number of rotatable bonds is 4. The van der Waals surface area contributed by atoms with Gasteiger partial charge in [-0.15, -0.1) is 0 Å². The average Bonchev–Trinajstić information content (AvgIpc) is 2.16. The maximum atomic E-state index is 10.7. The largest absolute Gasteiger partial charge is 0.479 e. The molecule has 0 aliphatic rings. The summed E-state index contributed by atoms with van der Waals surface area (Å²) < 4.78 is 0. The van der Waals surface area contributed by atoms with Crippen LogP contribution in [0.5, 0.6) is 0 Å². The molecule has 0 spiro atoms. The van der Waals surface area contributed by atoms with Crippen LogP contribution in [-0.2, 0) is 14.4 Å². The Balaban J connectivity index is 0. The number of carbonyl (C=O) groups is 3. The van der Waals surface area contributed by atoms with Crippen LogP contribution in [0.2, 0.25) is 0 Å². The van der Waals surface area contributed by atoms with E-state index in [2.05, 4.69) is 0 Å². The van der Waals surface area contributed by atoms with Crippen LogP contribution >= 0.6 is 0 Å². The van der Waals surface area contributed by atoms with Crippen LogP contribution in [0.25, 0.3) is 0 Å². The Morgan fingerprint density at radius 1 is 1.00 bits per heavy atom. The Kier molecular flexibility index (Phi) is 7.30. The first-order valence-corrected chi connectivity index (χ1v) is 4.53. The van der Waals surface area contributed by atoms with Crippen molar-refractivity contribution in [3.8, 4) is 0 Å². The fourth-order valence-electron chi connectivity index (χ4n) is 0.512. The van der Waals surface area contributed by atoms with Gasteiger partial charge in [-0.25, -0.2) is 9.59 Å². The third-order valence-corrected chi connectivity index (χ3v) is 1.63. The minimum Gasteiger partial charge on any atom is -0.479 e. The van der Waals surface area contributed by atoms with E-state index in [1.54, 1.807) is 0 Å². The molecule has 0 aromatic heterocycles. The van der Waals surface area contributed by atoms with Crippen molar-refractivity contribution < 1.29 is 39.9 Å². The summed E-state index contributed by atoms with van der Waals surface area (Å²) in [6.07, 6.45) is -2.70. The Morgan fingerprint density at radius 2 is 1.29 bits per heavy atom. The second-order valence-corrected chi connectivity index (χ2v) is 3.43. The van der Waals surface area contributed by atoms with Crippen molar-refractivity contribution in [1.29, 1.82) is 0 Å². The molecule has 0 fully saturated rings. The molecule has 17 heavy (non-hydrogen) atoms. The quantitative estimate of drug-likeness (QED) is 0.368. The molecule has 0 radical (unpaired) electrons. The maximum Gasteiger partial charge on any atom is 0.343 e. The lowest BCUT2D eigenvalue weighted by Gasteiger charge is -2.17. The van der Waals surface area contributed by atoms with Gasteiger partial charge in [0.1, 0.15) is 12.2 Å². The Morgan fingerprint density at radius 3 is 1.35 bits per heavy atom. The zero-order valence-electron chi connectivity index (χ0n) is 9.62. The van der Waals surface area contributed by atoms with Crippen molar-refractivity contribution in [3.05, 3.63) is 0 Å². The molecule has 0 aliphatic heterocycles. The number of hydrogen-bond donors (Lipinski definition) is 5. The van der Waals surface area contributed by atoms with Crippen LogP contribution in [0.4, 0.5) is 0 Å². The molecule has 0 bridgehead atoms. The van der Waals surface area contributed by atoms with Crippen LogP contribution in [0.3, 0.4) is 0 Å². The summed E-state index contributed by atoms with van der Waals surface area (Å²) in [5.74, 6) is -3.97. The van der Waals surface area contributed by atoms with E-state index in [0.29, 0.717) is 0 Å². The van der Waals surface area contributed by atoms with Gasteiger partial charge in [-0.05, 0) is 20.8 Å². The zero-order chi connectivity index (χ0) is 14.4. The summed E-state index contributed by atoms with van der Waals surface area (Å²) in [5.41, 5.74) is -2.49. The van der Waals surface area contributed by atoms with E-state index < -0.39 is 35.5 Å². The van der Waals surface area contributed by atoms with Gasteiger partial charge in [-0.1, -0.05) is 0 Å². The fourth-order valence-corrected chi connectivity index (χ4v) is 0.512. The second kappa shape index (κ2) is 6.94. The summed E-state index contributed by atoms with van der Waals surface area (Å²) in [4.78, 5) is 30.4. The number of carboxylic acids is 2. The number of hydrogen-bond acceptors (Lipinski definition) is 6. The molecule has 0 aromatic rings. The van der Waals surface area contributed by atoms with Crippen LogP contribution in [-0.4, -0.2) is 61.1 Å². The highest BCUT2D eigenvalue weighted by molar-refractivity contribution is 6.07. The van der Waals surface area contributed by atoms with E-state index in [0.717, 1.165) is 13.8 Å². The predicted molar refractivity (Wildman–Crippen MR) is 54.3 cm³/mol. The molecule has 0 aromatic carbocycles. The fraction of sp³-hybridized carbons (Fsp3) is 0.667. The van der Waals surface area contributed by atoms with E-state index >= 15 is 0 Å². The molecule has 0 aliphatic carbocycles. The lowest BCUT2D eigenvalue weighted by Crippen LogP contribution is -2.48. The summed E-state index contributed by atoms with van der Waals surface area (Å²) in [7, 11) is 0. The minimum atomic E-state index is -2.49. The van der Waals surface area contributed by atoms with E-state index in [-0.39, 0.29) is 0 Å². The molecule has 0 saturated carbocycles. The number of carbonyl (C=O) groups excluding carboxylic acids is 1. The van der Waals surface area contributed by atoms with Gasteiger partial charge in [0, 0.05) is 0 Å². The first-order chi connectivity index (χ1) is 7.44. The number of Topliss-reactive ketones (excluding diaryl/α,β-unsaturated/α-hetero) is 1. The monoisotopic (exact) mass is 252 g/mol. The normalized spacial score (nSPS) is 16.8. The lowest BCUT2D eigenvalue weighted by molar-refractivity contribution is -0.166. The zero-order valence-corrected chi connectivity index (χ0v) is 9.62. The summed E-state index contributed by atoms with van der Waals surface area (Å²) in [6, 6.07) is 0. The van der Waals surface area contributed by atoms with Gasteiger partial charge >= 0.3 is 11.9 Å². The third-order valence-electron chi connectivity index (χ3n) is 1.63. The molecular formula is C9H16O8. The number of aliphatic hydroxyl groups is 3. The topological polar surface area (TPSA) is 152 Å². The van der Waals surface area contributed by atoms with Gasteiger partial charge in [-0.3, -0.25) is 4.79 Å². The Hall–Kier alpha value is -1.51. The minimum absolute atomic E-state index is 0.824. The van der Waals surface area contributed by atoms with Gasteiger partial charge in [0.15, 0.2) is 0 Å². The molecule has 3 unspecified atom stereocenters. The van der Waals surface area contributed by atoms with E-state index in [1.807, 2.05) is 0 Å². The first kappa shape index (κ1) is 17.9. The van der Waals surface area contributed by atoms with Gasteiger partial charge in [-0.2, -0.15) is 0 Å². The molecule has 5 N–H and O–H groups in total. The highest BCUT2D eigenvalue weighted by atomic mass is 16.4. The number of ketones is 1. The van der Waals surface area contributed by atoms with Crippen molar-refractivity contribution in [1.82, 2.24) is 0 Å². The summed E-state index contributed by atoms with van der Waals surface area (Å²) in [6.45, 7) is 3.12. The highest BCUT2D eigenvalue weighted by Crippen LogP contribution is 2.07. The van der Waals surface area contributed by atoms with Crippen LogP contribution < -0.4 is 0 Å². The van der Waals surface area contributed by atoms with Gasteiger partial charge in [0.2, 0.25) is 11.4 Å². The first-order valence-electron chi connectivity index (χ1n) is 4.53.